The second-order valence-corrected chi connectivity index (χ2v) is 8.17. The van der Waals surface area contributed by atoms with Gasteiger partial charge in [-0.15, -0.1) is 0 Å². The molecular weight excluding hydrogens is 392 g/mol. The van der Waals surface area contributed by atoms with E-state index in [0.29, 0.717) is 0 Å². The van der Waals surface area contributed by atoms with Crippen LogP contribution in [0.25, 0.3) is 0 Å². The zero-order valence-electron chi connectivity index (χ0n) is 17.8. The van der Waals surface area contributed by atoms with E-state index in [-0.39, 0.29) is 17.0 Å². The highest BCUT2D eigenvalue weighted by molar-refractivity contribution is 8.12. The van der Waals surface area contributed by atoms with E-state index in [0.717, 1.165) is 0 Å². The van der Waals surface area contributed by atoms with Gasteiger partial charge in [-0.25, -0.2) is 0 Å². The predicted molar refractivity (Wildman–Crippen MR) is 114 cm³/mol. The van der Waals surface area contributed by atoms with Crippen molar-refractivity contribution < 1.29 is 21.6 Å². The van der Waals surface area contributed by atoms with Crippen molar-refractivity contribution in [2.24, 2.45) is 0 Å². The molecule has 0 saturated heterocycles. The number of thioether (sulfide) groups is 1. The molecule has 0 bridgehead atoms. The minimum atomic E-state index is 0. The molecule has 0 saturated carbocycles. The second-order valence-electron chi connectivity index (χ2n) is 7.40. The Hall–Kier alpha value is 0.300. The van der Waals surface area contributed by atoms with E-state index in [2.05, 4.69) is 43.8 Å². The topological polar surface area (TPSA) is 6.25 Å². The Morgan fingerprint density at radius 2 is 1.08 bits per heavy atom. The first-order chi connectivity index (χ1) is 11.6. The van der Waals surface area contributed by atoms with Crippen molar-refractivity contribution in [3.05, 3.63) is 0 Å². The highest BCUT2D eigenvalue weighted by atomic mass is 79.9. The van der Waals surface area contributed by atoms with Crippen LogP contribution in [0, 0.1) is 0 Å². The normalized spacial score (nSPS) is 10.4. The number of hydrogen-bond donors (Lipinski definition) is 0. The van der Waals surface area contributed by atoms with Crippen LogP contribution >= 0.6 is 11.8 Å². The van der Waals surface area contributed by atoms with E-state index in [4.69, 9.17) is 0 Å². The molecule has 0 atom stereocenters. The first kappa shape index (κ1) is 27.5. The van der Waals surface area contributed by atoms with Crippen LogP contribution in [0.4, 0.5) is 0 Å². The lowest BCUT2D eigenvalue weighted by atomic mass is 10.0. The highest BCUT2D eigenvalue weighted by Crippen LogP contribution is 2.13. The van der Waals surface area contributed by atoms with Gasteiger partial charge in [0.1, 0.15) is 0 Å². The number of hydrogen-bond acceptors (Lipinski definition) is 1. The van der Waals surface area contributed by atoms with E-state index in [1.807, 2.05) is 11.8 Å². The monoisotopic (exact) mass is 436 g/mol. The lowest BCUT2D eigenvalue weighted by Crippen LogP contribution is -3.00. The van der Waals surface area contributed by atoms with E-state index in [1.54, 1.807) is 0 Å². The molecular formula is C21H45BrN2S. The largest absolute Gasteiger partial charge is 1.00 e. The van der Waals surface area contributed by atoms with Gasteiger partial charge >= 0.3 is 5.17 Å². The molecule has 0 aromatic rings. The molecule has 0 aliphatic heterocycles. The summed E-state index contributed by atoms with van der Waals surface area (Å²) in [6, 6.07) is 0. The summed E-state index contributed by atoms with van der Waals surface area (Å²) < 4.78 is 2.22. The fourth-order valence-corrected chi connectivity index (χ4v) is 4.09. The molecule has 0 amide bonds. The van der Waals surface area contributed by atoms with Crippen LogP contribution in [-0.2, 0) is 0 Å². The maximum absolute atomic E-state index is 2.39. The average Bonchev–Trinajstić information content (AvgIpc) is 2.55. The molecule has 0 aromatic carbocycles. The Labute approximate surface area is 174 Å². The van der Waals surface area contributed by atoms with Gasteiger partial charge in [0, 0.05) is 0 Å². The SMILES string of the molecule is CCCCCCCCCCCCCCCCN(C)C(SC)=[N+](C)C.[Br-]. The summed E-state index contributed by atoms with van der Waals surface area (Å²) in [6.45, 7) is 3.48. The van der Waals surface area contributed by atoms with Gasteiger partial charge in [0.2, 0.25) is 0 Å². The van der Waals surface area contributed by atoms with E-state index in [9.17, 15) is 0 Å². The van der Waals surface area contributed by atoms with Crippen LogP contribution in [0.3, 0.4) is 0 Å². The van der Waals surface area contributed by atoms with Gasteiger partial charge in [0.05, 0.1) is 27.7 Å². The third kappa shape index (κ3) is 17.5. The molecule has 0 aromatic heterocycles. The fourth-order valence-electron chi connectivity index (χ4n) is 3.32. The molecule has 0 N–H and O–H groups in total. The summed E-state index contributed by atoms with van der Waals surface area (Å²) >= 11 is 1.84. The Kier molecular flexibility index (Phi) is 22.7. The number of amidine groups is 1. The minimum Gasteiger partial charge on any atom is -1.00 e. The van der Waals surface area contributed by atoms with Gasteiger partial charge < -0.3 is 17.0 Å². The van der Waals surface area contributed by atoms with Gasteiger partial charge in [-0.05, 0) is 30.9 Å². The Morgan fingerprint density at radius 3 is 1.40 bits per heavy atom. The number of nitrogens with zero attached hydrogens (tertiary/aromatic N) is 2. The number of unbranched alkanes of at least 4 members (excludes halogenated alkanes) is 13. The van der Waals surface area contributed by atoms with Crippen molar-refractivity contribution in [2.75, 3.05) is 33.9 Å². The van der Waals surface area contributed by atoms with Gasteiger partial charge in [0.15, 0.2) is 0 Å². The van der Waals surface area contributed by atoms with Crippen molar-refractivity contribution in [2.45, 2.75) is 96.8 Å². The smallest absolute Gasteiger partial charge is 0.307 e. The molecule has 0 fully saturated rings. The molecule has 0 unspecified atom stereocenters. The zero-order valence-corrected chi connectivity index (χ0v) is 20.2. The van der Waals surface area contributed by atoms with Crippen LogP contribution in [0.5, 0.6) is 0 Å². The maximum Gasteiger partial charge on any atom is 0.307 e. The first-order valence-corrected chi connectivity index (χ1v) is 11.6. The Morgan fingerprint density at radius 1 is 0.720 bits per heavy atom. The first-order valence-electron chi connectivity index (χ1n) is 10.4. The average molecular weight is 438 g/mol. The van der Waals surface area contributed by atoms with Crippen LogP contribution in [0.15, 0.2) is 0 Å². The second kappa shape index (κ2) is 20.6. The lowest BCUT2D eigenvalue weighted by Gasteiger charge is -2.14. The summed E-state index contributed by atoms with van der Waals surface area (Å²) in [5.41, 5.74) is 0. The Bertz CT molecular complexity index is 304. The Balaban J connectivity index is 0. The predicted octanol–water partition coefficient (Wildman–Crippen LogP) is 3.39. The van der Waals surface area contributed by atoms with Crippen LogP contribution in [0.1, 0.15) is 96.8 Å². The van der Waals surface area contributed by atoms with Crippen LogP contribution in [-0.4, -0.2) is 48.6 Å². The van der Waals surface area contributed by atoms with E-state index >= 15 is 0 Å². The van der Waals surface area contributed by atoms with Gasteiger partial charge in [-0.1, -0.05) is 84.0 Å². The van der Waals surface area contributed by atoms with Crippen molar-refractivity contribution in [1.29, 1.82) is 0 Å². The number of rotatable bonds is 15. The molecule has 0 radical (unpaired) electrons. The fraction of sp³-hybridized carbons (Fsp3) is 0.952. The van der Waals surface area contributed by atoms with E-state index in [1.165, 1.54) is 102 Å². The highest BCUT2D eigenvalue weighted by Gasteiger charge is 2.13. The summed E-state index contributed by atoms with van der Waals surface area (Å²) in [7, 11) is 6.48. The van der Waals surface area contributed by atoms with Gasteiger partial charge in [0.25, 0.3) is 0 Å². The van der Waals surface area contributed by atoms with Gasteiger partial charge in [-0.3, -0.25) is 9.48 Å². The summed E-state index contributed by atoms with van der Waals surface area (Å²) in [4.78, 5) is 2.39. The van der Waals surface area contributed by atoms with Crippen molar-refractivity contribution >= 4 is 16.9 Å². The quantitative estimate of drug-likeness (QED) is 0.168. The standard InChI is InChI=1S/C21H45N2S.BrH/c1-6-7-8-9-10-11-12-13-14-15-16-17-18-19-20-23(4)21(24-5)22(2)3;/h6-20H2,1-5H3;1H/q+1;/p-1. The third-order valence-electron chi connectivity index (χ3n) is 4.74. The molecule has 0 rings (SSSR count). The van der Waals surface area contributed by atoms with E-state index < -0.39 is 0 Å². The summed E-state index contributed by atoms with van der Waals surface area (Å²) in [5, 5.41) is 1.37. The van der Waals surface area contributed by atoms with Gasteiger partial charge in [-0.2, -0.15) is 0 Å². The minimum absolute atomic E-state index is 0. The molecule has 0 spiro atoms. The maximum atomic E-state index is 2.39. The molecule has 0 aliphatic carbocycles. The third-order valence-corrected chi connectivity index (χ3v) is 5.78. The van der Waals surface area contributed by atoms with Crippen molar-refractivity contribution in [1.82, 2.24) is 4.90 Å². The van der Waals surface area contributed by atoms with Crippen LogP contribution in [0.2, 0.25) is 0 Å². The summed E-state index contributed by atoms with van der Waals surface area (Å²) in [6.07, 6.45) is 22.2. The lowest BCUT2D eigenvalue weighted by molar-refractivity contribution is -0.466. The zero-order chi connectivity index (χ0) is 18.0. The molecule has 25 heavy (non-hydrogen) atoms. The molecule has 4 heteroatoms. The molecule has 152 valence electrons. The van der Waals surface area contributed by atoms with Crippen molar-refractivity contribution in [3.63, 3.8) is 0 Å². The molecule has 0 aliphatic rings. The molecule has 2 nitrogen and oxygen atoms in total. The molecule has 0 heterocycles. The number of halogens is 1. The summed E-state index contributed by atoms with van der Waals surface area (Å²) in [5.74, 6) is 0. The van der Waals surface area contributed by atoms with Crippen molar-refractivity contribution in [3.8, 4) is 0 Å². The van der Waals surface area contributed by atoms with Crippen LogP contribution < -0.4 is 17.0 Å².